The van der Waals surface area contributed by atoms with E-state index in [9.17, 15) is 8.42 Å². The molecule has 0 amide bonds. The smallest absolute Gasteiger partial charge is 0.243 e. The number of piperazine rings is 1. The van der Waals surface area contributed by atoms with Crippen molar-refractivity contribution >= 4 is 21.6 Å². The highest BCUT2D eigenvalue weighted by Crippen LogP contribution is 2.18. The lowest BCUT2D eigenvalue weighted by atomic mass is 10.3. The summed E-state index contributed by atoms with van der Waals surface area (Å²) in [6, 6.07) is 8.58. The number of imidazole rings is 1. The van der Waals surface area contributed by atoms with Crippen molar-refractivity contribution in [1.82, 2.24) is 18.8 Å². The summed E-state index contributed by atoms with van der Waals surface area (Å²) in [5.74, 6) is 0.884. The van der Waals surface area contributed by atoms with Gasteiger partial charge in [0.1, 0.15) is 11.0 Å². The van der Waals surface area contributed by atoms with Crippen molar-refractivity contribution in [3.05, 3.63) is 47.5 Å². The Morgan fingerprint density at radius 2 is 1.78 bits per heavy atom. The minimum atomic E-state index is -3.40. The minimum Gasteiger partial charge on any atom is -0.321 e. The predicted molar refractivity (Wildman–Crippen MR) is 88.7 cm³/mol. The van der Waals surface area contributed by atoms with Crippen LogP contribution in [0.15, 0.2) is 41.4 Å². The number of aromatic nitrogens is 2. The maximum absolute atomic E-state index is 12.6. The largest absolute Gasteiger partial charge is 0.321 e. The first-order valence-corrected chi connectivity index (χ1v) is 9.24. The van der Waals surface area contributed by atoms with Gasteiger partial charge >= 0.3 is 0 Å². The third-order valence-electron chi connectivity index (χ3n) is 4.10. The first-order valence-electron chi connectivity index (χ1n) is 7.42. The van der Waals surface area contributed by atoms with Gasteiger partial charge in [0.15, 0.2) is 0 Å². The molecule has 0 radical (unpaired) electrons. The quantitative estimate of drug-likeness (QED) is 0.836. The van der Waals surface area contributed by atoms with E-state index in [1.165, 1.54) is 0 Å². The Morgan fingerprint density at radius 1 is 1.13 bits per heavy atom. The maximum Gasteiger partial charge on any atom is 0.243 e. The van der Waals surface area contributed by atoms with E-state index in [1.54, 1.807) is 34.8 Å². The second-order valence-electron chi connectivity index (χ2n) is 5.55. The summed E-state index contributed by atoms with van der Waals surface area (Å²) in [6.07, 6.45) is 1.63. The second-order valence-corrected chi connectivity index (χ2v) is 7.87. The normalized spacial score (nSPS) is 17.5. The van der Waals surface area contributed by atoms with Gasteiger partial charge in [-0.25, -0.2) is 13.4 Å². The number of hydrogen-bond acceptors (Lipinski definition) is 4. The molecule has 3 rings (SSSR count). The molecule has 8 heteroatoms. The molecule has 0 aliphatic carbocycles. The average Bonchev–Trinajstić information content (AvgIpc) is 2.88. The highest BCUT2D eigenvalue weighted by Gasteiger charge is 2.28. The summed E-state index contributed by atoms with van der Waals surface area (Å²) in [5, 5.41) is 0.602. The lowest BCUT2D eigenvalue weighted by molar-refractivity contribution is 0.177. The number of rotatable bonds is 4. The molecular weight excluding hydrogens is 336 g/mol. The van der Waals surface area contributed by atoms with Crippen LogP contribution >= 0.6 is 11.6 Å². The van der Waals surface area contributed by atoms with Crippen LogP contribution in [-0.4, -0.2) is 53.4 Å². The van der Waals surface area contributed by atoms with E-state index in [2.05, 4.69) is 9.88 Å². The predicted octanol–water partition coefficient (Wildman–Crippen LogP) is 1.58. The van der Waals surface area contributed by atoms with Gasteiger partial charge in [-0.1, -0.05) is 29.8 Å². The van der Waals surface area contributed by atoms with Crippen LogP contribution in [0.5, 0.6) is 0 Å². The van der Waals surface area contributed by atoms with Crippen molar-refractivity contribution in [2.75, 3.05) is 26.2 Å². The number of halogens is 1. The second kappa shape index (κ2) is 6.60. The van der Waals surface area contributed by atoms with Gasteiger partial charge in [-0.15, -0.1) is 0 Å². The zero-order chi connectivity index (χ0) is 16.4. The first-order chi connectivity index (χ1) is 11.0. The molecule has 0 bridgehead atoms. The summed E-state index contributed by atoms with van der Waals surface area (Å²) in [4.78, 5) is 6.82. The number of benzene rings is 1. The highest BCUT2D eigenvalue weighted by atomic mass is 35.5. The molecule has 0 N–H and O–H groups in total. The average molecular weight is 355 g/mol. The topological polar surface area (TPSA) is 58.4 Å². The number of hydrogen-bond donors (Lipinski definition) is 0. The van der Waals surface area contributed by atoms with Crippen molar-refractivity contribution < 1.29 is 8.42 Å². The Labute approximate surface area is 141 Å². The lowest BCUT2D eigenvalue weighted by Crippen LogP contribution is -2.48. The Kier molecular flexibility index (Phi) is 4.72. The van der Waals surface area contributed by atoms with Gasteiger partial charge in [-0.2, -0.15) is 4.31 Å². The van der Waals surface area contributed by atoms with Gasteiger partial charge in [0.25, 0.3) is 0 Å². The van der Waals surface area contributed by atoms with Crippen LogP contribution in [0.3, 0.4) is 0 Å². The molecule has 1 aromatic carbocycles. The monoisotopic (exact) mass is 354 g/mol. The summed E-state index contributed by atoms with van der Waals surface area (Å²) in [6.45, 7) is 2.99. The molecule has 1 saturated heterocycles. The molecule has 0 saturated carbocycles. The zero-order valence-electron chi connectivity index (χ0n) is 12.9. The third kappa shape index (κ3) is 3.42. The first kappa shape index (κ1) is 16.4. The van der Waals surface area contributed by atoms with E-state index in [0.717, 1.165) is 5.82 Å². The van der Waals surface area contributed by atoms with E-state index in [4.69, 9.17) is 11.6 Å². The molecular formula is C15H19ClN4O2S. The number of nitrogens with zero attached hydrogens (tertiary/aromatic N) is 4. The van der Waals surface area contributed by atoms with Gasteiger partial charge in [0.05, 0.1) is 17.6 Å². The molecule has 1 fully saturated rings. The molecule has 0 atom stereocenters. The Morgan fingerprint density at radius 3 is 2.35 bits per heavy atom. The van der Waals surface area contributed by atoms with Crippen LogP contribution in [0.2, 0.25) is 5.15 Å². The fourth-order valence-electron chi connectivity index (χ4n) is 2.64. The van der Waals surface area contributed by atoms with E-state index in [0.29, 0.717) is 42.8 Å². The van der Waals surface area contributed by atoms with Crippen LogP contribution < -0.4 is 0 Å². The summed E-state index contributed by atoms with van der Waals surface area (Å²) in [7, 11) is -1.52. The highest BCUT2D eigenvalue weighted by molar-refractivity contribution is 7.89. The molecule has 0 unspecified atom stereocenters. The third-order valence-corrected chi connectivity index (χ3v) is 6.37. The van der Waals surface area contributed by atoms with E-state index in [-0.39, 0.29) is 0 Å². The van der Waals surface area contributed by atoms with Crippen molar-refractivity contribution in [1.29, 1.82) is 0 Å². The lowest BCUT2D eigenvalue weighted by Gasteiger charge is -2.33. The van der Waals surface area contributed by atoms with Gasteiger partial charge in [-0.3, -0.25) is 4.90 Å². The van der Waals surface area contributed by atoms with Crippen LogP contribution in [-0.2, 0) is 23.6 Å². The SMILES string of the molecule is Cn1c(Cl)cnc1CN1CCN(S(=O)(=O)c2ccccc2)CC1. The summed E-state index contributed by atoms with van der Waals surface area (Å²) >= 11 is 5.99. The van der Waals surface area contributed by atoms with Crippen LogP contribution in [0.4, 0.5) is 0 Å². The van der Waals surface area contributed by atoms with Crippen LogP contribution in [0, 0.1) is 0 Å². The number of sulfonamides is 1. The fourth-order valence-corrected chi connectivity index (χ4v) is 4.23. The van der Waals surface area contributed by atoms with E-state index in [1.807, 2.05) is 17.7 Å². The molecule has 1 aromatic heterocycles. The zero-order valence-corrected chi connectivity index (χ0v) is 14.5. The molecule has 0 spiro atoms. The van der Waals surface area contributed by atoms with Gasteiger partial charge in [0, 0.05) is 33.2 Å². The van der Waals surface area contributed by atoms with Crippen molar-refractivity contribution in [2.45, 2.75) is 11.4 Å². The van der Waals surface area contributed by atoms with Crippen molar-refractivity contribution in [2.24, 2.45) is 7.05 Å². The Bertz CT molecular complexity index is 768. The van der Waals surface area contributed by atoms with Gasteiger partial charge < -0.3 is 4.57 Å². The van der Waals surface area contributed by atoms with Crippen LogP contribution in [0.25, 0.3) is 0 Å². The summed E-state index contributed by atoms with van der Waals surface area (Å²) in [5.41, 5.74) is 0. The van der Waals surface area contributed by atoms with Crippen molar-refractivity contribution in [3.8, 4) is 0 Å². The fraction of sp³-hybridized carbons (Fsp3) is 0.400. The maximum atomic E-state index is 12.6. The molecule has 124 valence electrons. The van der Waals surface area contributed by atoms with E-state index >= 15 is 0 Å². The molecule has 1 aliphatic heterocycles. The Balaban J connectivity index is 1.63. The molecule has 1 aliphatic rings. The minimum absolute atomic E-state index is 0.351. The van der Waals surface area contributed by atoms with Gasteiger partial charge in [-0.05, 0) is 12.1 Å². The molecule has 6 nitrogen and oxygen atoms in total. The summed E-state index contributed by atoms with van der Waals surface area (Å²) < 4.78 is 28.6. The molecule has 23 heavy (non-hydrogen) atoms. The van der Waals surface area contributed by atoms with Gasteiger partial charge in [0.2, 0.25) is 10.0 Å². The Hall–Kier alpha value is -1.41. The molecule has 2 aromatic rings. The van der Waals surface area contributed by atoms with Crippen LogP contribution in [0.1, 0.15) is 5.82 Å². The molecule has 2 heterocycles. The van der Waals surface area contributed by atoms with Crippen molar-refractivity contribution in [3.63, 3.8) is 0 Å². The standard InChI is InChI=1S/C15H19ClN4O2S/c1-18-14(16)11-17-15(18)12-19-7-9-20(10-8-19)23(21,22)13-5-3-2-4-6-13/h2-6,11H,7-10,12H2,1H3. The van der Waals surface area contributed by atoms with E-state index < -0.39 is 10.0 Å².